The maximum Gasteiger partial charge on any atom is 0.270 e. The molecule has 0 spiro atoms. The number of nitrogens with zero attached hydrogens (tertiary/aromatic N) is 1. The highest BCUT2D eigenvalue weighted by Crippen LogP contribution is 1.99. The zero-order valence-electron chi connectivity index (χ0n) is 7.73. The van der Waals surface area contributed by atoms with E-state index in [1.807, 2.05) is 14.1 Å². The first-order valence-electron chi connectivity index (χ1n) is 3.77. The van der Waals surface area contributed by atoms with Crippen molar-refractivity contribution < 1.29 is 20.5 Å². The third-order valence-electron chi connectivity index (χ3n) is 1.73. The molecule has 0 aromatic heterocycles. The lowest BCUT2D eigenvalue weighted by molar-refractivity contribution is -0.887. The molecule has 5 nitrogen and oxygen atoms in total. The minimum absolute atomic E-state index is 0.207. The fourth-order valence-electron chi connectivity index (χ4n) is 0.756. The second-order valence-corrected chi connectivity index (χ2v) is 5.68. The van der Waals surface area contributed by atoms with Crippen molar-refractivity contribution in [3.8, 4) is 0 Å². The molecule has 0 atom stereocenters. The lowest BCUT2D eigenvalue weighted by Crippen LogP contribution is -2.45. The van der Waals surface area contributed by atoms with Crippen molar-refractivity contribution in [2.45, 2.75) is 0 Å². The van der Waals surface area contributed by atoms with E-state index < -0.39 is 10.1 Å². The lowest BCUT2D eigenvalue weighted by Gasteiger charge is -2.28. The molecule has 80 valence electrons. The first-order chi connectivity index (χ1) is 5.77. The van der Waals surface area contributed by atoms with Crippen LogP contribution < -0.4 is 0 Å². The second-order valence-electron chi connectivity index (χ2n) is 3.48. The lowest BCUT2D eigenvalue weighted by atomic mass is 10.4. The highest BCUT2D eigenvalue weighted by Gasteiger charge is 2.18. The Morgan fingerprint density at radius 3 is 2.31 bits per heavy atom. The van der Waals surface area contributed by atoms with Gasteiger partial charge >= 0.3 is 0 Å². The van der Waals surface area contributed by atoms with Gasteiger partial charge in [-0.1, -0.05) is 0 Å². The van der Waals surface area contributed by atoms with E-state index in [0.717, 1.165) is 6.54 Å². The average molecular weight is 324 g/mol. The molecule has 7 heteroatoms. The predicted octanol–water partition coefficient (Wildman–Crippen LogP) is 0.317. The Morgan fingerprint density at radius 1 is 1.38 bits per heavy atom. The van der Waals surface area contributed by atoms with Gasteiger partial charge in [0.1, 0.15) is 41.9 Å². The summed E-state index contributed by atoms with van der Waals surface area (Å²) < 4.78 is 34.8. The topological polar surface area (TPSA) is 63.6 Å². The summed E-state index contributed by atoms with van der Waals surface area (Å²) in [7, 11) is -0.0612. The first-order valence-corrected chi connectivity index (χ1v) is 6.26. The Labute approximate surface area is 93.1 Å². The minimum Gasteiger partial charge on any atom is -0.326 e. The zero-order valence-corrected chi connectivity index (χ0v) is 10.7. The minimum atomic E-state index is -3.84. The van der Waals surface area contributed by atoms with Gasteiger partial charge in [-0.2, -0.15) is 8.42 Å². The van der Waals surface area contributed by atoms with E-state index >= 15 is 0 Å². The van der Waals surface area contributed by atoms with Gasteiger partial charge in [-0.25, -0.2) is 0 Å². The Hall–Kier alpha value is 0.560. The molecule has 0 radical (unpaired) electrons. The van der Waals surface area contributed by atoms with Crippen LogP contribution in [0.3, 0.4) is 0 Å². The number of quaternary nitrogens is 1. The number of hydrogen-bond acceptors (Lipinski definition) is 3. The van der Waals surface area contributed by atoms with Gasteiger partial charge in [-0.15, -0.1) is 0 Å². The van der Waals surface area contributed by atoms with Gasteiger partial charge in [0.15, 0.2) is 0 Å². The molecule has 0 aromatic rings. The molecule has 0 aliphatic rings. The fourth-order valence-corrected chi connectivity index (χ4v) is 1.68. The summed E-state index contributed by atoms with van der Waals surface area (Å²) in [4.78, 5) is 0. The average Bonchev–Trinajstić information content (AvgIpc) is 1.97. The van der Waals surface area contributed by atoms with Crippen LogP contribution >= 0.6 is 23.0 Å². The maximum absolute atomic E-state index is 10.5. The van der Waals surface area contributed by atoms with Crippen LogP contribution in [-0.2, 0) is 13.2 Å². The smallest absolute Gasteiger partial charge is 0.270 e. The number of halogens is 1. The third-order valence-corrected chi connectivity index (χ3v) is 2.87. The summed E-state index contributed by atoms with van der Waals surface area (Å²) in [6.07, 6.45) is 0. The van der Waals surface area contributed by atoms with Crippen LogP contribution in [0.15, 0.2) is 0 Å². The molecule has 0 aliphatic heterocycles. The summed E-state index contributed by atoms with van der Waals surface area (Å²) >= 11 is 1.79. The van der Waals surface area contributed by atoms with Crippen LogP contribution in [-0.4, -0.2) is 57.0 Å². The summed E-state index contributed by atoms with van der Waals surface area (Å²) in [6.45, 7) is 1.68. The Balaban J connectivity index is 3.89. The largest absolute Gasteiger partial charge is 0.326 e. The van der Waals surface area contributed by atoms with E-state index in [-0.39, 0.29) is 5.75 Å². The number of likely N-dealkylation sites (N-methyl/N-ethyl adjacent to an activating group) is 1. The highest BCUT2D eigenvalue weighted by molar-refractivity contribution is 14.1. The van der Waals surface area contributed by atoms with Crippen LogP contribution in [0, 0.1) is 0 Å². The van der Waals surface area contributed by atoms with Crippen LogP contribution in [0.25, 0.3) is 0 Å². The van der Waals surface area contributed by atoms with Crippen molar-refractivity contribution in [3.05, 3.63) is 0 Å². The number of hydrogen-bond donors (Lipinski definition) is 1. The molecule has 0 heterocycles. The summed E-state index contributed by atoms with van der Waals surface area (Å²) in [6, 6.07) is 0. The Bertz CT molecular complexity index is 239. The van der Waals surface area contributed by atoms with Gasteiger partial charge in [0.05, 0.1) is 20.6 Å². The van der Waals surface area contributed by atoms with Crippen LogP contribution in [0.2, 0.25) is 0 Å². The molecule has 0 rings (SSSR count). The molecular weight excluding hydrogens is 309 g/mol. The second kappa shape index (κ2) is 5.44. The predicted molar refractivity (Wildman–Crippen MR) is 58.2 cm³/mol. The molecule has 0 saturated heterocycles. The molecule has 0 aromatic carbocycles. The fraction of sp³-hybridized carbons (Fsp3) is 1.00. The van der Waals surface area contributed by atoms with Crippen molar-refractivity contribution in [2.24, 2.45) is 0 Å². The van der Waals surface area contributed by atoms with E-state index in [0.29, 0.717) is 17.6 Å². The quantitative estimate of drug-likeness (QED) is 0.434. The van der Waals surface area contributed by atoms with E-state index in [2.05, 4.69) is 0 Å². The molecule has 0 unspecified atom stereocenters. The summed E-state index contributed by atoms with van der Waals surface area (Å²) in [5.41, 5.74) is 0. The third kappa shape index (κ3) is 8.88. The van der Waals surface area contributed by atoms with Gasteiger partial charge in [0.25, 0.3) is 10.1 Å². The van der Waals surface area contributed by atoms with Gasteiger partial charge in [-0.05, 0) is 0 Å². The Morgan fingerprint density at radius 2 is 1.92 bits per heavy atom. The molecule has 0 aliphatic carbocycles. The van der Waals surface area contributed by atoms with Crippen molar-refractivity contribution in [2.75, 3.05) is 39.5 Å². The first kappa shape index (κ1) is 13.6. The highest BCUT2D eigenvalue weighted by atomic mass is 127. The maximum atomic E-state index is 10.5. The number of rotatable bonds is 6. The van der Waals surface area contributed by atoms with Crippen molar-refractivity contribution in [1.29, 1.82) is 0 Å². The molecule has 0 fully saturated rings. The normalized spacial score (nSPS) is 13.2. The van der Waals surface area contributed by atoms with Gasteiger partial charge in [-0.3, -0.25) is 4.55 Å². The van der Waals surface area contributed by atoms with Crippen LogP contribution in [0.5, 0.6) is 0 Å². The van der Waals surface area contributed by atoms with E-state index in [1.165, 1.54) is 0 Å². The summed E-state index contributed by atoms with van der Waals surface area (Å²) in [5, 5.41) is 0. The van der Waals surface area contributed by atoms with Gasteiger partial charge in [0, 0.05) is 0 Å². The van der Waals surface area contributed by atoms with E-state index in [9.17, 15) is 8.42 Å². The summed E-state index contributed by atoms with van der Waals surface area (Å²) in [5.74, 6) is -0.207. The van der Waals surface area contributed by atoms with E-state index in [4.69, 9.17) is 7.62 Å². The molecule has 0 amide bonds. The van der Waals surface area contributed by atoms with Crippen LogP contribution in [0.1, 0.15) is 0 Å². The van der Waals surface area contributed by atoms with Gasteiger partial charge < -0.3 is 7.55 Å². The van der Waals surface area contributed by atoms with Crippen LogP contribution in [0.4, 0.5) is 0 Å². The molecular formula is C6H15INO4S+. The molecule has 1 N–H and O–H groups in total. The van der Waals surface area contributed by atoms with Crippen molar-refractivity contribution in [1.82, 2.24) is 0 Å². The molecule has 0 bridgehead atoms. The SMILES string of the molecule is C[N+](C)(CCOI)CCS(=O)(=O)O. The van der Waals surface area contributed by atoms with Crippen molar-refractivity contribution in [3.63, 3.8) is 0 Å². The standard InChI is InChI=1S/C6H14INO4S/c1-8(2,3-5-12-7)4-6-13(9,10)11/h3-6H2,1-2H3/p+1. The zero-order chi connectivity index (χ0) is 10.5. The van der Waals surface area contributed by atoms with Crippen molar-refractivity contribution >= 4 is 33.1 Å². The van der Waals surface area contributed by atoms with E-state index in [1.54, 1.807) is 23.0 Å². The Kier molecular flexibility index (Phi) is 5.68. The molecule has 0 saturated carbocycles. The molecule has 13 heavy (non-hydrogen) atoms. The van der Waals surface area contributed by atoms with Gasteiger partial charge in [0.2, 0.25) is 0 Å². The monoisotopic (exact) mass is 324 g/mol.